The highest BCUT2D eigenvalue weighted by Crippen LogP contribution is 2.31. The molecule has 2 fully saturated rings. The summed E-state index contributed by atoms with van der Waals surface area (Å²) in [5.41, 5.74) is 0. The van der Waals surface area contributed by atoms with E-state index in [9.17, 15) is 9.59 Å². The quantitative estimate of drug-likeness (QED) is 0.504. The molecule has 2 aliphatic heterocycles. The maximum atomic E-state index is 11.1. The normalized spacial score (nSPS) is 36.0. The summed E-state index contributed by atoms with van der Waals surface area (Å²) < 4.78 is 0. The van der Waals surface area contributed by atoms with Crippen molar-refractivity contribution >= 4 is 12.2 Å². The highest BCUT2D eigenvalue weighted by Gasteiger charge is 2.40. The smallest absolute Gasteiger partial charge is 0.222 e. The maximum Gasteiger partial charge on any atom is 0.222 e. The predicted octanol–water partition coefficient (Wildman–Crippen LogP) is 0.196. The molecule has 0 unspecified atom stereocenters. The van der Waals surface area contributed by atoms with E-state index in [4.69, 9.17) is 0 Å². The lowest BCUT2D eigenvalue weighted by Gasteiger charge is -2.15. The molecule has 0 radical (unpaired) electrons. The first-order valence-corrected chi connectivity index (χ1v) is 4.07. The Labute approximate surface area is 65.4 Å². The van der Waals surface area contributed by atoms with Crippen LogP contribution in [0.4, 0.5) is 0 Å². The zero-order chi connectivity index (χ0) is 7.84. The minimum Gasteiger partial charge on any atom is -0.339 e. The van der Waals surface area contributed by atoms with Gasteiger partial charge in [-0.2, -0.15) is 0 Å². The van der Waals surface area contributed by atoms with Gasteiger partial charge in [0.15, 0.2) is 0 Å². The highest BCUT2D eigenvalue weighted by atomic mass is 16.2. The lowest BCUT2D eigenvalue weighted by Crippen LogP contribution is -2.29. The first-order chi connectivity index (χ1) is 5.33. The average Bonchev–Trinajstić information content (AvgIpc) is 2.53. The van der Waals surface area contributed by atoms with Crippen LogP contribution in [-0.2, 0) is 9.59 Å². The standard InChI is InChI=1S/C8H11NO2/c10-5-6-3-4-9-7(6)1-2-8(9)11/h5-7H,1-4H2/t6-,7-/m1/s1. The molecule has 0 bridgehead atoms. The van der Waals surface area contributed by atoms with Crippen LogP contribution in [0, 0.1) is 5.92 Å². The van der Waals surface area contributed by atoms with Crippen LogP contribution in [0.15, 0.2) is 0 Å². The fourth-order valence-corrected chi connectivity index (χ4v) is 2.13. The van der Waals surface area contributed by atoms with Crippen molar-refractivity contribution < 1.29 is 9.59 Å². The Kier molecular flexibility index (Phi) is 1.44. The summed E-state index contributed by atoms with van der Waals surface area (Å²) in [5.74, 6) is 0.362. The van der Waals surface area contributed by atoms with Gasteiger partial charge >= 0.3 is 0 Å². The van der Waals surface area contributed by atoms with Crippen LogP contribution in [0.2, 0.25) is 0 Å². The maximum absolute atomic E-state index is 11.1. The van der Waals surface area contributed by atoms with Gasteiger partial charge in [0, 0.05) is 24.9 Å². The molecule has 2 aliphatic rings. The summed E-state index contributed by atoms with van der Waals surface area (Å²) in [6.45, 7) is 0.799. The van der Waals surface area contributed by atoms with Gasteiger partial charge in [0.25, 0.3) is 0 Å². The summed E-state index contributed by atoms with van der Waals surface area (Å²) in [5, 5.41) is 0. The van der Waals surface area contributed by atoms with E-state index in [1.807, 2.05) is 4.90 Å². The first kappa shape index (κ1) is 6.83. The van der Waals surface area contributed by atoms with Crippen molar-refractivity contribution in [3.05, 3.63) is 0 Å². The van der Waals surface area contributed by atoms with E-state index >= 15 is 0 Å². The van der Waals surface area contributed by atoms with Gasteiger partial charge in [-0.05, 0) is 12.8 Å². The molecule has 2 heterocycles. The van der Waals surface area contributed by atoms with Crippen LogP contribution in [0.3, 0.4) is 0 Å². The van der Waals surface area contributed by atoms with Crippen molar-refractivity contribution in [3.8, 4) is 0 Å². The van der Waals surface area contributed by atoms with E-state index in [2.05, 4.69) is 0 Å². The van der Waals surface area contributed by atoms with Crippen molar-refractivity contribution in [1.29, 1.82) is 0 Å². The molecule has 2 saturated heterocycles. The minimum absolute atomic E-state index is 0.126. The summed E-state index contributed by atoms with van der Waals surface area (Å²) >= 11 is 0. The van der Waals surface area contributed by atoms with Crippen LogP contribution in [-0.4, -0.2) is 29.7 Å². The van der Waals surface area contributed by atoms with Crippen LogP contribution in [0.25, 0.3) is 0 Å². The molecule has 0 aliphatic carbocycles. The van der Waals surface area contributed by atoms with Gasteiger partial charge < -0.3 is 9.69 Å². The number of aldehydes is 1. The number of hydrogen-bond donors (Lipinski definition) is 0. The number of carbonyl (C=O) groups is 2. The third kappa shape index (κ3) is 0.870. The van der Waals surface area contributed by atoms with Gasteiger partial charge in [0.05, 0.1) is 0 Å². The van der Waals surface area contributed by atoms with Gasteiger partial charge in [-0.15, -0.1) is 0 Å². The predicted molar refractivity (Wildman–Crippen MR) is 38.9 cm³/mol. The zero-order valence-electron chi connectivity index (χ0n) is 6.32. The second kappa shape index (κ2) is 2.32. The molecule has 60 valence electrons. The Hall–Kier alpha value is -0.860. The van der Waals surface area contributed by atoms with E-state index < -0.39 is 0 Å². The first-order valence-electron chi connectivity index (χ1n) is 4.07. The second-order valence-corrected chi connectivity index (χ2v) is 3.28. The SMILES string of the molecule is O=C[C@H]1CCN2C(=O)CC[C@H]12. The number of fused-ring (bicyclic) bond motifs is 1. The van der Waals surface area contributed by atoms with Crippen molar-refractivity contribution in [3.63, 3.8) is 0 Å². The highest BCUT2D eigenvalue weighted by molar-refractivity contribution is 5.80. The van der Waals surface area contributed by atoms with Crippen molar-refractivity contribution in [1.82, 2.24) is 4.90 Å². The van der Waals surface area contributed by atoms with E-state index in [1.54, 1.807) is 0 Å². The van der Waals surface area contributed by atoms with Gasteiger partial charge in [0.2, 0.25) is 5.91 Å². The molecule has 2 atom stereocenters. The molecule has 11 heavy (non-hydrogen) atoms. The van der Waals surface area contributed by atoms with E-state index in [-0.39, 0.29) is 17.9 Å². The van der Waals surface area contributed by atoms with Gasteiger partial charge in [-0.1, -0.05) is 0 Å². The lowest BCUT2D eigenvalue weighted by atomic mass is 10.0. The Balaban J connectivity index is 2.15. The van der Waals surface area contributed by atoms with Gasteiger partial charge in [-0.25, -0.2) is 0 Å². The minimum atomic E-state index is 0.126. The number of amides is 1. The lowest BCUT2D eigenvalue weighted by molar-refractivity contribution is -0.128. The van der Waals surface area contributed by atoms with E-state index in [1.165, 1.54) is 0 Å². The molecule has 0 aromatic rings. The molecule has 0 N–H and O–H groups in total. The van der Waals surface area contributed by atoms with Crippen molar-refractivity contribution in [2.75, 3.05) is 6.54 Å². The van der Waals surface area contributed by atoms with Crippen LogP contribution >= 0.6 is 0 Å². The molecule has 3 heteroatoms. The van der Waals surface area contributed by atoms with E-state index in [0.29, 0.717) is 6.42 Å². The number of carbonyl (C=O) groups excluding carboxylic acids is 2. The zero-order valence-corrected chi connectivity index (χ0v) is 6.32. The number of nitrogens with zero attached hydrogens (tertiary/aromatic N) is 1. The summed E-state index contributed by atoms with van der Waals surface area (Å²) in [7, 11) is 0. The van der Waals surface area contributed by atoms with Crippen LogP contribution < -0.4 is 0 Å². The summed E-state index contributed by atoms with van der Waals surface area (Å²) in [6.07, 6.45) is 3.42. The van der Waals surface area contributed by atoms with E-state index in [0.717, 1.165) is 25.7 Å². The molecule has 2 rings (SSSR count). The monoisotopic (exact) mass is 153 g/mol. The Bertz CT molecular complexity index is 202. The molecule has 1 amide bonds. The molecule has 3 nitrogen and oxygen atoms in total. The van der Waals surface area contributed by atoms with Crippen LogP contribution in [0.5, 0.6) is 0 Å². The van der Waals surface area contributed by atoms with Crippen molar-refractivity contribution in [2.45, 2.75) is 25.3 Å². The Morgan fingerprint density at radius 3 is 3.00 bits per heavy atom. The second-order valence-electron chi connectivity index (χ2n) is 3.28. The van der Waals surface area contributed by atoms with Gasteiger partial charge in [0.1, 0.15) is 6.29 Å². The molecule has 0 aromatic heterocycles. The Morgan fingerprint density at radius 2 is 2.27 bits per heavy atom. The summed E-state index contributed by atoms with van der Waals surface area (Å²) in [6, 6.07) is 0.250. The molecular weight excluding hydrogens is 142 g/mol. The Morgan fingerprint density at radius 1 is 1.45 bits per heavy atom. The fraction of sp³-hybridized carbons (Fsp3) is 0.750. The average molecular weight is 153 g/mol. The third-order valence-corrected chi connectivity index (χ3v) is 2.75. The molecule has 0 saturated carbocycles. The molecular formula is C8H11NO2. The largest absolute Gasteiger partial charge is 0.339 e. The van der Waals surface area contributed by atoms with Crippen LogP contribution in [0.1, 0.15) is 19.3 Å². The van der Waals surface area contributed by atoms with Crippen molar-refractivity contribution in [2.24, 2.45) is 5.92 Å². The fourth-order valence-electron chi connectivity index (χ4n) is 2.13. The number of hydrogen-bond acceptors (Lipinski definition) is 2. The van der Waals surface area contributed by atoms with Gasteiger partial charge in [-0.3, -0.25) is 4.79 Å². The number of rotatable bonds is 1. The summed E-state index contributed by atoms with van der Waals surface area (Å²) in [4.78, 5) is 23.5. The third-order valence-electron chi connectivity index (χ3n) is 2.75. The topological polar surface area (TPSA) is 37.4 Å². The molecule has 0 aromatic carbocycles. The molecule has 0 spiro atoms.